The van der Waals surface area contributed by atoms with E-state index in [1.165, 1.54) is 24.9 Å². The molecule has 1 fully saturated rings. The van der Waals surface area contributed by atoms with Crippen LogP contribution in [0.1, 0.15) is 46.5 Å². The maximum Gasteiger partial charge on any atom is 0.224 e. The number of H-pyrrole nitrogens is 2. The van der Waals surface area contributed by atoms with Gasteiger partial charge in [-0.15, -0.1) is 0 Å². The summed E-state index contributed by atoms with van der Waals surface area (Å²) in [5, 5.41) is 13.0. The van der Waals surface area contributed by atoms with Crippen LogP contribution in [0.5, 0.6) is 0 Å². The van der Waals surface area contributed by atoms with E-state index < -0.39 is 0 Å². The monoisotopic (exact) mass is 507 g/mol. The van der Waals surface area contributed by atoms with E-state index in [0.717, 1.165) is 57.5 Å². The fourth-order valence-electron chi connectivity index (χ4n) is 5.30. The van der Waals surface area contributed by atoms with E-state index in [1.54, 1.807) is 6.20 Å². The summed E-state index contributed by atoms with van der Waals surface area (Å²) in [5.74, 6) is -0.0135. The van der Waals surface area contributed by atoms with Crippen molar-refractivity contribution in [3.8, 4) is 22.5 Å². The Labute approximate surface area is 221 Å². The summed E-state index contributed by atoms with van der Waals surface area (Å²) in [4.78, 5) is 27.4. The van der Waals surface area contributed by atoms with Crippen molar-refractivity contribution >= 4 is 39.2 Å². The van der Waals surface area contributed by atoms with Crippen LogP contribution in [0.3, 0.4) is 0 Å². The second kappa shape index (κ2) is 9.59. The molecule has 1 saturated heterocycles. The van der Waals surface area contributed by atoms with Crippen LogP contribution in [0.25, 0.3) is 44.5 Å². The molecular weight excluding hydrogens is 474 g/mol. The van der Waals surface area contributed by atoms with Crippen molar-refractivity contribution in [1.82, 2.24) is 25.1 Å². The number of carbonyl (C=O) groups is 1. The van der Waals surface area contributed by atoms with E-state index >= 15 is 0 Å². The van der Waals surface area contributed by atoms with Gasteiger partial charge in [0.1, 0.15) is 11.3 Å². The van der Waals surface area contributed by atoms with E-state index in [-0.39, 0.29) is 11.3 Å². The number of rotatable bonds is 5. The number of aromatic nitrogens is 5. The summed E-state index contributed by atoms with van der Waals surface area (Å²) >= 11 is 0. The Balaban J connectivity index is 1.33. The highest BCUT2D eigenvalue weighted by molar-refractivity contribution is 6.00. The Morgan fingerprint density at radius 3 is 2.66 bits per heavy atom. The van der Waals surface area contributed by atoms with Crippen molar-refractivity contribution in [3.63, 3.8) is 0 Å². The number of anilines is 2. The highest BCUT2D eigenvalue weighted by atomic mass is 16.1. The molecule has 5 heterocycles. The zero-order valence-corrected chi connectivity index (χ0v) is 22.1. The first kappa shape index (κ1) is 24.2. The standard InChI is InChI=1S/C30H33N7O/c1-30(2,3)16-27(38)33-21-13-20(17-31-18-21)19-7-8-24-22(14-19)28(36-35-24)25-15-23-26(9-10-32-29(23)34-25)37-11-5-4-6-12-37/h7-10,13-15,17-18H,4-6,11-12,16H2,1-3H3,(H,32,34)(H,33,38)(H,35,36). The third-order valence-electron chi connectivity index (χ3n) is 7.07. The van der Waals surface area contributed by atoms with E-state index in [1.807, 2.05) is 30.6 Å². The second-order valence-corrected chi connectivity index (χ2v) is 11.4. The number of pyridine rings is 2. The lowest BCUT2D eigenvalue weighted by Gasteiger charge is -2.29. The van der Waals surface area contributed by atoms with Crippen molar-refractivity contribution < 1.29 is 4.79 Å². The third-order valence-corrected chi connectivity index (χ3v) is 7.07. The maximum atomic E-state index is 12.5. The van der Waals surface area contributed by atoms with E-state index in [9.17, 15) is 4.79 Å². The minimum absolute atomic E-state index is 0.0135. The molecule has 0 saturated carbocycles. The maximum absolute atomic E-state index is 12.5. The minimum atomic E-state index is -0.0788. The van der Waals surface area contributed by atoms with Crippen LogP contribution in [0.2, 0.25) is 0 Å². The Morgan fingerprint density at radius 1 is 1.00 bits per heavy atom. The molecule has 0 aliphatic carbocycles. The van der Waals surface area contributed by atoms with Gasteiger partial charge in [-0.25, -0.2) is 4.98 Å². The highest BCUT2D eigenvalue weighted by Crippen LogP contribution is 2.35. The first-order valence-corrected chi connectivity index (χ1v) is 13.3. The van der Waals surface area contributed by atoms with Gasteiger partial charge in [0.15, 0.2) is 0 Å². The average molecular weight is 508 g/mol. The molecule has 38 heavy (non-hydrogen) atoms. The molecule has 0 atom stereocenters. The van der Waals surface area contributed by atoms with Gasteiger partial charge in [0.2, 0.25) is 5.91 Å². The molecule has 194 valence electrons. The Hall–Kier alpha value is -4.20. The average Bonchev–Trinajstić information content (AvgIpc) is 3.51. The topological polar surface area (TPSA) is 103 Å². The zero-order valence-electron chi connectivity index (χ0n) is 22.1. The number of amides is 1. The van der Waals surface area contributed by atoms with Gasteiger partial charge in [-0.1, -0.05) is 26.8 Å². The molecule has 6 rings (SSSR count). The van der Waals surface area contributed by atoms with Gasteiger partial charge in [0.05, 0.1) is 23.1 Å². The highest BCUT2D eigenvalue weighted by Gasteiger charge is 2.19. The summed E-state index contributed by atoms with van der Waals surface area (Å²) in [6, 6.07) is 12.5. The predicted octanol–water partition coefficient (Wildman–Crippen LogP) is 6.53. The third kappa shape index (κ3) is 4.86. The first-order valence-electron chi connectivity index (χ1n) is 13.3. The molecule has 3 N–H and O–H groups in total. The van der Waals surface area contributed by atoms with Crippen LogP contribution in [-0.2, 0) is 4.79 Å². The second-order valence-electron chi connectivity index (χ2n) is 11.4. The van der Waals surface area contributed by atoms with E-state index in [2.05, 4.69) is 74.3 Å². The fraction of sp³-hybridized carbons (Fsp3) is 0.333. The van der Waals surface area contributed by atoms with Crippen molar-refractivity contribution in [1.29, 1.82) is 0 Å². The summed E-state index contributed by atoms with van der Waals surface area (Å²) in [6.45, 7) is 8.32. The van der Waals surface area contributed by atoms with Crippen LogP contribution in [0.4, 0.5) is 11.4 Å². The van der Waals surface area contributed by atoms with Gasteiger partial charge in [0, 0.05) is 53.9 Å². The molecule has 1 aliphatic rings. The normalized spacial score (nSPS) is 14.3. The van der Waals surface area contributed by atoms with Crippen LogP contribution >= 0.6 is 0 Å². The number of fused-ring (bicyclic) bond motifs is 2. The number of nitrogens with one attached hydrogen (secondary N) is 3. The van der Waals surface area contributed by atoms with Crippen LogP contribution < -0.4 is 10.2 Å². The molecule has 0 bridgehead atoms. The van der Waals surface area contributed by atoms with Crippen LogP contribution in [0, 0.1) is 5.41 Å². The molecule has 4 aromatic heterocycles. The zero-order chi connectivity index (χ0) is 26.3. The quantitative estimate of drug-likeness (QED) is 0.251. The van der Waals surface area contributed by atoms with Crippen molar-refractivity contribution in [2.45, 2.75) is 46.5 Å². The summed E-state index contributed by atoms with van der Waals surface area (Å²) in [6.07, 6.45) is 9.58. The smallest absolute Gasteiger partial charge is 0.224 e. The lowest BCUT2D eigenvalue weighted by Crippen LogP contribution is -2.29. The van der Waals surface area contributed by atoms with Crippen molar-refractivity contribution in [2.24, 2.45) is 5.41 Å². The molecule has 1 aliphatic heterocycles. The number of hydrogen-bond acceptors (Lipinski definition) is 5. The van der Waals surface area contributed by atoms with Gasteiger partial charge in [-0.3, -0.25) is 14.9 Å². The number of hydrogen-bond donors (Lipinski definition) is 3. The Kier molecular flexibility index (Phi) is 6.10. The molecule has 5 aromatic rings. The van der Waals surface area contributed by atoms with Crippen molar-refractivity contribution in [2.75, 3.05) is 23.3 Å². The van der Waals surface area contributed by atoms with Gasteiger partial charge in [-0.05, 0) is 60.6 Å². The SMILES string of the molecule is CC(C)(C)CC(=O)Nc1cncc(-c2ccc3[nH]nc(-c4cc5c(N6CCCCC6)ccnc5[nH]4)c3c2)c1. The van der Waals surface area contributed by atoms with Gasteiger partial charge >= 0.3 is 0 Å². The number of benzene rings is 1. The fourth-order valence-corrected chi connectivity index (χ4v) is 5.30. The molecule has 1 amide bonds. The van der Waals surface area contributed by atoms with E-state index in [0.29, 0.717) is 12.1 Å². The summed E-state index contributed by atoms with van der Waals surface area (Å²) in [7, 11) is 0. The lowest BCUT2D eigenvalue weighted by molar-refractivity contribution is -0.117. The molecule has 0 spiro atoms. The van der Waals surface area contributed by atoms with Crippen LogP contribution in [0.15, 0.2) is 55.0 Å². The van der Waals surface area contributed by atoms with Gasteiger partial charge in [0.25, 0.3) is 0 Å². The van der Waals surface area contributed by atoms with E-state index in [4.69, 9.17) is 0 Å². The van der Waals surface area contributed by atoms with Gasteiger partial charge < -0.3 is 15.2 Å². The number of nitrogens with zero attached hydrogens (tertiary/aromatic N) is 4. The van der Waals surface area contributed by atoms with Gasteiger partial charge in [-0.2, -0.15) is 5.10 Å². The molecule has 0 unspecified atom stereocenters. The minimum Gasteiger partial charge on any atom is -0.371 e. The Bertz CT molecular complexity index is 1620. The summed E-state index contributed by atoms with van der Waals surface area (Å²) < 4.78 is 0. The van der Waals surface area contributed by atoms with Crippen LogP contribution in [-0.4, -0.2) is 44.1 Å². The molecular formula is C30H33N7O. The number of piperidine rings is 1. The summed E-state index contributed by atoms with van der Waals surface area (Å²) in [5.41, 5.74) is 7.39. The Morgan fingerprint density at radius 2 is 1.84 bits per heavy atom. The molecule has 1 aromatic carbocycles. The molecule has 8 heteroatoms. The largest absolute Gasteiger partial charge is 0.371 e. The number of carbonyl (C=O) groups excluding carboxylic acids is 1. The molecule has 0 radical (unpaired) electrons. The first-order chi connectivity index (χ1) is 18.3. The van der Waals surface area contributed by atoms with Crippen molar-refractivity contribution in [3.05, 3.63) is 55.0 Å². The number of aromatic amines is 2. The predicted molar refractivity (Wildman–Crippen MR) is 153 cm³/mol. The lowest BCUT2D eigenvalue weighted by atomic mass is 9.92. The molecule has 8 nitrogen and oxygen atoms in total.